The van der Waals surface area contributed by atoms with Gasteiger partial charge >= 0.3 is 0 Å². The summed E-state index contributed by atoms with van der Waals surface area (Å²) in [6.45, 7) is 2.14. The normalized spacial score (nSPS) is 21.6. The van der Waals surface area contributed by atoms with E-state index < -0.39 is 0 Å². The number of nitrogens with zero attached hydrogens (tertiary/aromatic N) is 1. The molecule has 1 fully saturated rings. The van der Waals surface area contributed by atoms with E-state index in [2.05, 4.69) is 26.9 Å². The van der Waals surface area contributed by atoms with Crippen molar-refractivity contribution in [3.8, 4) is 0 Å². The van der Waals surface area contributed by atoms with Crippen molar-refractivity contribution in [2.24, 2.45) is 0 Å². The molecule has 0 spiro atoms. The highest BCUT2D eigenvalue weighted by Gasteiger charge is 2.21. The molecule has 1 atom stereocenters. The number of halogens is 1. The summed E-state index contributed by atoms with van der Waals surface area (Å²) in [5.74, 6) is 0. The van der Waals surface area contributed by atoms with Crippen molar-refractivity contribution in [1.29, 1.82) is 0 Å². The van der Waals surface area contributed by atoms with Gasteiger partial charge in [0.1, 0.15) is 0 Å². The van der Waals surface area contributed by atoms with Crippen molar-refractivity contribution in [2.45, 2.75) is 31.8 Å². The van der Waals surface area contributed by atoms with Gasteiger partial charge in [-0.3, -0.25) is 4.90 Å². The standard InChI is InChI=1S/C13H19BrN2O/c14-11-5-4-10(13(15)7-11)8-16-6-2-1-3-12(16)9-17/h4-5,7,12,17H,1-3,6,8-9,15H2. The van der Waals surface area contributed by atoms with Gasteiger partial charge in [-0.1, -0.05) is 28.4 Å². The molecule has 3 N–H and O–H groups in total. The summed E-state index contributed by atoms with van der Waals surface area (Å²) in [6, 6.07) is 6.31. The molecule has 0 saturated carbocycles. The van der Waals surface area contributed by atoms with Crippen LogP contribution in [0.15, 0.2) is 22.7 Å². The Hall–Kier alpha value is -0.580. The fourth-order valence-electron chi connectivity index (χ4n) is 2.40. The number of piperidine rings is 1. The lowest BCUT2D eigenvalue weighted by Crippen LogP contribution is -2.41. The number of hydrogen-bond donors (Lipinski definition) is 2. The molecule has 1 saturated heterocycles. The second-order valence-electron chi connectivity index (χ2n) is 4.65. The quantitative estimate of drug-likeness (QED) is 0.843. The van der Waals surface area contributed by atoms with E-state index in [4.69, 9.17) is 5.73 Å². The van der Waals surface area contributed by atoms with Gasteiger partial charge in [0.25, 0.3) is 0 Å². The van der Waals surface area contributed by atoms with Gasteiger partial charge in [-0.05, 0) is 37.1 Å². The first kappa shape index (κ1) is 12.9. The molecule has 1 aliphatic rings. The molecule has 0 aromatic heterocycles. The van der Waals surface area contributed by atoms with E-state index >= 15 is 0 Å². The molecule has 3 nitrogen and oxygen atoms in total. The Balaban J connectivity index is 2.08. The second-order valence-corrected chi connectivity index (χ2v) is 5.56. The van der Waals surface area contributed by atoms with Gasteiger partial charge in [0.15, 0.2) is 0 Å². The zero-order valence-electron chi connectivity index (χ0n) is 9.90. The van der Waals surface area contributed by atoms with Crippen LogP contribution in [0.4, 0.5) is 5.69 Å². The SMILES string of the molecule is Nc1cc(Br)ccc1CN1CCCCC1CO. The van der Waals surface area contributed by atoms with E-state index in [0.29, 0.717) is 6.04 Å². The molecule has 1 unspecified atom stereocenters. The van der Waals surface area contributed by atoms with Gasteiger partial charge < -0.3 is 10.8 Å². The fourth-order valence-corrected chi connectivity index (χ4v) is 2.78. The number of nitrogen functional groups attached to an aromatic ring is 1. The third kappa shape index (κ3) is 3.21. The van der Waals surface area contributed by atoms with Crippen LogP contribution < -0.4 is 5.73 Å². The lowest BCUT2D eigenvalue weighted by Gasteiger charge is -2.34. The van der Waals surface area contributed by atoms with Crippen molar-refractivity contribution < 1.29 is 5.11 Å². The molecule has 0 radical (unpaired) electrons. The molecule has 1 aliphatic heterocycles. The number of anilines is 1. The Labute approximate surface area is 111 Å². The fraction of sp³-hybridized carbons (Fsp3) is 0.538. The van der Waals surface area contributed by atoms with Crippen LogP contribution in [0.1, 0.15) is 24.8 Å². The Morgan fingerprint density at radius 2 is 2.24 bits per heavy atom. The lowest BCUT2D eigenvalue weighted by atomic mass is 10.0. The Bertz CT molecular complexity index is 384. The van der Waals surface area contributed by atoms with E-state index in [1.807, 2.05) is 12.1 Å². The second kappa shape index (κ2) is 5.85. The molecule has 17 heavy (non-hydrogen) atoms. The van der Waals surface area contributed by atoms with Crippen molar-refractivity contribution in [3.63, 3.8) is 0 Å². The number of hydrogen-bond acceptors (Lipinski definition) is 3. The monoisotopic (exact) mass is 298 g/mol. The lowest BCUT2D eigenvalue weighted by molar-refractivity contribution is 0.0843. The predicted octanol–water partition coefficient (Wildman–Crippen LogP) is 2.38. The topological polar surface area (TPSA) is 49.5 Å². The molecule has 2 rings (SSSR count). The highest BCUT2D eigenvalue weighted by molar-refractivity contribution is 9.10. The molecule has 0 amide bonds. The highest BCUT2D eigenvalue weighted by atomic mass is 79.9. The van der Waals surface area contributed by atoms with E-state index in [-0.39, 0.29) is 6.61 Å². The van der Waals surface area contributed by atoms with E-state index in [1.54, 1.807) is 0 Å². The van der Waals surface area contributed by atoms with Crippen LogP contribution in [-0.4, -0.2) is 29.2 Å². The van der Waals surface area contributed by atoms with Gasteiger partial charge in [0.2, 0.25) is 0 Å². The summed E-state index contributed by atoms with van der Waals surface area (Å²) < 4.78 is 1.01. The van der Waals surface area contributed by atoms with Gasteiger partial charge in [-0.2, -0.15) is 0 Å². The van der Waals surface area contributed by atoms with Gasteiger partial charge in [0.05, 0.1) is 6.61 Å². The maximum atomic E-state index is 9.37. The Morgan fingerprint density at radius 1 is 1.41 bits per heavy atom. The maximum absolute atomic E-state index is 9.37. The van der Waals surface area contributed by atoms with Crippen LogP contribution >= 0.6 is 15.9 Å². The molecule has 1 aromatic carbocycles. The summed E-state index contributed by atoms with van der Waals surface area (Å²) in [7, 11) is 0. The third-order valence-electron chi connectivity index (χ3n) is 3.44. The van der Waals surface area contributed by atoms with Gasteiger partial charge in [-0.15, -0.1) is 0 Å². The van der Waals surface area contributed by atoms with Crippen LogP contribution in [-0.2, 0) is 6.54 Å². The summed E-state index contributed by atoms with van der Waals surface area (Å²) in [5.41, 5.74) is 7.97. The van der Waals surface area contributed by atoms with Crippen molar-refractivity contribution >= 4 is 21.6 Å². The van der Waals surface area contributed by atoms with Gasteiger partial charge in [0, 0.05) is 22.7 Å². The molecule has 1 aromatic rings. The molecular formula is C13H19BrN2O. The van der Waals surface area contributed by atoms with Crippen molar-refractivity contribution in [3.05, 3.63) is 28.2 Å². The van der Waals surface area contributed by atoms with E-state index in [1.165, 1.54) is 12.8 Å². The number of benzene rings is 1. The maximum Gasteiger partial charge on any atom is 0.0586 e. The molecule has 94 valence electrons. The summed E-state index contributed by atoms with van der Waals surface area (Å²) in [5, 5.41) is 9.37. The molecular weight excluding hydrogens is 280 g/mol. The number of nitrogens with two attached hydrogens (primary N) is 1. The number of rotatable bonds is 3. The largest absolute Gasteiger partial charge is 0.398 e. The number of aliphatic hydroxyl groups is 1. The molecule has 4 heteroatoms. The first-order valence-corrected chi connectivity index (χ1v) is 6.89. The first-order chi connectivity index (χ1) is 8.20. The average Bonchev–Trinajstić information content (AvgIpc) is 2.33. The zero-order chi connectivity index (χ0) is 12.3. The minimum absolute atomic E-state index is 0.246. The average molecular weight is 299 g/mol. The van der Waals surface area contributed by atoms with Crippen molar-refractivity contribution in [1.82, 2.24) is 4.90 Å². The van der Waals surface area contributed by atoms with Crippen LogP contribution in [0.3, 0.4) is 0 Å². The van der Waals surface area contributed by atoms with E-state index in [9.17, 15) is 5.11 Å². The zero-order valence-corrected chi connectivity index (χ0v) is 11.5. The Kier molecular flexibility index (Phi) is 4.42. The Morgan fingerprint density at radius 3 is 2.94 bits per heavy atom. The van der Waals surface area contributed by atoms with Gasteiger partial charge in [-0.25, -0.2) is 0 Å². The van der Waals surface area contributed by atoms with Crippen LogP contribution in [0, 0.1) is 0 Å². The molecule has 0 bridgehead atoms. The summed E-state index contributed by atoms with van der Waals surface area (Å²) in [4.78, 5) is 2.34. The van der Waals surface area contributed by atoms with E-state index in [0.717, 1.165) is 35.2 Å². The summed E-state index contributed by atoms with van der Waals surface area (Å²) >= 11 is 3.41. The number of aliphatic hydroxyl groups excluding tert-OH is 1. The van der Waals surface area contributed by atoms with Crippen LogP contribution in [0.5, 0.6) is 0 Å². The minimum atomic E-state index is 0.246. The molecule has 1 heterocycles. The van der Waals surface area contributed by atoms with Crippen LogP contribution in [0.25, 0.3) is 0 Å². The minimum Gasteiger partial charge on any atom is -0.398 e. The number of likely N-dealkylation sites (tertiary alicyclic amines) is 1. The molecule has 0 aliphatic carbocycles. The predicted molar refractivity (Wildman–Crippen MR) is 73.7 cm³/mol. The summed E-state index contributed by atoms with van der Waals surface area (Å²) in [6.07, 6.45) is 3.53. The smallest absolute Gasteiger partial charge is 0.0586 e. The third-order valence-corrected chi connectivity index (χ3v) is 3.93. The highest BCUT2D eigenvalue weighted by Crippen LogP contribution is 2.24. The van der Waals surface area contributed by atoms with Crippen LogP contribution in [0.2, 0.25) is 0 Å². The first-order valence-electron chi connectivity index (χ1n) is 6.09. The van der Waals surface area contributed by atoms with Crippen molar-refractivity contribution in [2.75, 3.05) is 18.9 Å².